The van der Waals surface area contributed by atoms with Crippen LogP contribution in [0, 0.1) is 6.92 Å². The fourth-order valence-electron chi connectivity index (χ4n) is 4.41. The zero-order valence-electron chi connectivity index (χ0n) is 21.2. The second-order valence-corrected chi connectivity index (χ2v) is 10.3. The number of thiazole rings is 1. The molecule has 0 saturated carbocycles. The number of allylic oxidation sites excluding steroid dienone is 1. The monoisotopic (exact) mass is 562 g/mol. The van der Waals surface area contributed by atoms with E-state index < -0.39 is 18.0 Å². The van der Waals surface area contributed by atoms with Crippen LogP contribution >= 0.6 is 22.9 Å². The third-order valence-corrected chi connectivity index (χ3v) is 7.60. The number of esters is 1. The van der Waals surface area contributed by atoms with Crippen molar-refractivity contribution in [2.75, 3.05) is 6.61 Å². The summed E-state index contributed by atoms with van der Waals surface area (Å²) >= 11 is 7.17. The molecule has 0 saturated heterocycles. The highest BCUT2D eigenvalue weighted by Gasteiger charge is 2.33. The Morgan fingerprint density at radius 1 is 1.15 bits per heavy atom. The molecule has 39 heavy (non-hydrogen) atoms. The van der Waals surface area contributed by atoms with Crippen molar-refractivity contribution < 1.29 is 23.8 Å². The maximum absolute atomic E-state index is 13.7. The Labute approximate surface area is 231 Å². The van der Waals surface area contributed by atoms with Gasteiger partial charge in [-0.3, -0.25) is 9.36 Å². The van der Waals surface area contributed by atoms with Gasteiger partial charge >= 0.3 is 11.9 Å². The van der Waals surface area contributed by atoms with E-state index in [0.717, 1.165) is 11.1 Å². The van der Waals surface area contributed by atoms with Crippen molar-refractivity contribution in [1.29, 1.82) is 0 Å². The number of carboxylic acids is 1. The third kappa shape index (κ3) is 4.98. The Kier molecular flexibility index (Phi) is 7.12. The Balaban J connectivity index is 1.61. The minimum Gasteiger partial charge on any atom is -0.478 e. The molecule has 10 heteroatoms. The summed E-state index contributed by atoms with van der Waals surface area (Å²) in [6, 6.07) is 14.9. The molecule has 4 aromatic rings. The Morgan fingerprint density at radius 2 is 1.90 bits per heavy atom. The van der Waals surface area contributed by atoms with Crippen LogP contribution < -0.4 is 14.9 Å². The van der Waals surface area contributed by atoms with Gasteiger partial charge in [0.25, 0.3) is 5.56 Å². The summed E-state index contributed by atoms with van der Waals surface area (Å²) in [6.07, 6.45) is 1.61. The third-order valence-electron chi connectivity index (χ3n) is 6.29. The van der Waals surface area contributed by atoms with Crippen LogP contribution in [0.2, 0.25) is 5.02 Å². The van der Waals surface area contributed by atoms with Gasteiger partial charge in [-0.25, -0.2) is 14.6 Å². The lowest BCUT2D eigenvalue weighted by Crippen LogP contribution is -2.39. The maximum Gasteiger partial charge on any atom is 0.338 e. The van der Waals surface area contributed by atoms with Crippen molar-refractivity contribution in [2.24, 2.45) is 4.99 Å². The number of hydrogen-bond acceptors (Lipinski definition) is 7. The van der Waals surface area contributed by atoms with Crippen LogP contribution in [-0.4, -0.2) is 28.2 Å². The molecular formula is C29H23ClN2O6S. The van der Waals surface area contributed by atoms with Crippen molar-refractivity contribution in [2.45, 2.75) is 26.8 Å². The Morgan fingerprint density at radius 3 is 2.59 bits per heavy atom. The van der Waals surface area contributed by atoms with Gasteiger partial charge in [-0.2, -0.15) is 0 Å². The molecule has 0 fully saturated rings. The van der Waals surface area contributed by atoms with Crippen molar-refractivity contribution in [3.8, 4) is 11.3 Å². The summed E-state index contributed by atoms with van der Waals surface area (Å²) in [5, 5.41) is 9.49. The van der Waals surface area contributed by atoms with Crippen molar-refractivity contribution >= 4 is 41.0 Å². The van der Waals surface area contributed by atoms with E-state index >= 15 is 0 Å². The molecule has 198 valence electrons. The molecule has 1 atom stereocenters. The molecular weight excluding hydrogens is 540 g/mol. The summed E-state index contributed by atoms with van der Waals surface area (Å²) in [6.45, 7) is 5.63. The molecule has 8 nitrogen and oxygen atoms in total. The molecule has 0 spiro atoms. The maximum atomic E-state index is 13.7. The van der Waals surface area contributed by atoms with Gasteiger partial charge in [0.05, 0.1) is 39.0 Å². The average Bonchev–Trinajstić information content (AvgIpc) is 3.48. The smallest absolute Gasteiger partial charge is 0.338 e. The van der Waals surface area contributed by atoms with Crippen molar-refractivity contribution in [3.05, 3.63) is 113 Å². The molecule has 3 heterocycles. The van der Waals surface area contributed by atoms with E-state index in [1.807, 2.05) is 31.2 Å². The van der Waals surface area contributed by atoms with E-state index in [1.54, 1.807) is 38.1 Å². The number of benzene rings is 2. The lowest BCUT2D eigenvalue weighted by molar-refractivity contribution is -0.139. The SMILES string of the molecule is CCOC(=O)C1=C(C)N=c2s/c(=C\c3ccc(-c4ccc(Cl)c(C(=O)O)c4)o3)c(=O)n2[C@@H]1c1ccc(C)cc1. The largest absolute Gasteiger partial charge is 0.478 e. The number of nitrogens with zero attached hydrogens (tertiary/aromatic N) is 2. The number of aromatic nitrogens is 1. The van der Waals surface area contributed by atoms with Crippen LogP contribution in [0.1, 0.15) is 47.1 Å². The van der Waals surface area contributed by atoms with Crippen LogP contribution in [0.3, 0.4) is 0 Å². The first-order valence-corrected chi connectivity index (χ1v) is 13.3. The molecule has 2 aromatic heterocycles. The van der Waals surface area contributed by atoms with Gasteiger partial charge in [0.15, 0.2) is 4.80 Å². The molecule has 0 bridgehead atoms. The summed E-state index contributed by atoms with van der Waals surface area (Å²) < 4.78 is 13.1. The fraction of sp³-hybridized carbons (Fsp3) is 0.172. The minimum absolute atomic E-state index is 0.0377. The number of carbonyl (C=O) groups is 2. The first-order chi connectivity index (χ1) is 18.7. The molecule has 0 amide bonds. The van der Waals surface area contributed by atoms with Gasteiger partial charge < -0.3 is 14.3 Å². The summed E-state index contributed by atoms with van der Waals surface area (Å²) in [5.41, 5.74) is 2.80. The molecule has 1 aliphatic heterocycles. The number of halogens is 1. The molecule has 0 unspecified atom stereocenters. The van der Waals surface area contributed by atoms with Gasteiger partial charge in [-0.05, 0) is 56.7 Å². The number of hydrogen-bond donors (Lipinski definition) is 1. The van der Waals surface area contributed by atoms with E-state index in [4.69, 9.17) is 20.8 Å². The van der Waals surface area contributed by atoms with Crippen molar-refractivity contribution in [3.63, 3.8) is 0 Å². The predicted octanol–water partition coefficient (Wildman–Crippen LogP) is 4.72. The molecule has 5 rings (SSSR count). The number of furan rings is 1. The number of aryl methyl sites for hydroxylation is 1. The number of fused-ring (bicyclic) bond motifs is 1. The standard InChI is InChI=1S/C29H23ClN2O6S/c1-4-37-28(36)24-16(3)31-29-32(25(24)17-7-5-15(2)6-8-17)26(33)23(39-29)14-19-10-12-22(38-19)18-9-11-21(30)20(13-18)27(34)35/h5-14,25H,4H2,1-3H3,(H,34,35)/b23-14-/t25-/m1/s1. The van der Waals surface area contributed by atoms with E-state index in [2.05, 4.69) is 4.99 Å². The first kappa shape index (κ1) is 26.4. The van der Waals surface area contributed by atoms with Crippen LogP contribution in [0.15, 0.2) is 80.1 Å². The van der Waals surface area contributed by atoms with E-state index in [1.165, 1.54) is 28.0 Å². The number of carbonyl (C=O) groups excluding carboxylic acids is 1. The number of aromatic carboxylic acids is 1. The number of ether oxygens (including phenoxy) is 1. The second-order valence-electron chi connectivity index (χ2n) is 8.91. The topological polar surface area (TPSA) is 111 Å². The predicted molar refractivity (Wildman–Crippen MR) is 148 cm³/mol. The average molecular weight is 563 g/mol. The summed E-state index contributed by atoms with van der Waals surface area (Å²) in [4.78, 5) is 43.2. The summed E-state index contributed by atoms with van der Waals surface area (Å²) in [5.74, 6) is -0.838. The normalized spacial score (nSPS) is 15.2. The van der Waals surface area contributed by atoms with Crippen LogP contribution in [0.5, 0.6) is 0 Å². The van der Waals surface area contributed by atoms with Gasteiger partial charge in [-0.1, -0.05) is 52.8 Å². The van der Waals surface area contributed by atoms with E-state index in [9.17, 15) is 19.5 Å². The lowest BCUT2D eigenvalue weighted by Gasteiger charge is -2.24. The molecule has 1 aliphatic rings. The molecule has 0 aliphatic carbocycles. The van der Waals surface area contributed by atoms with Gasteiger partial charge in [0.1, 0.15) is 11.5 Å². The number of rotatable bonds is 6. The summed E-state index contributed by atoms with van der Waals surface area (Å²) in [7, 11) is 0. The van der Waals surface area contributed by atoms with E-state index in [-0.39, 0.29) is 22.8 Å². The van der Waals surface area contributed by atoms with Crippen molar-refractivity contribution in [1.82, 2.24) is 4.57 Å². The molecule has 0 radical (unpaired) electrons. The molecule has 2 aromatic carbocycles. The highest BCUT2D eigenvalue weighted by molar-refractivity contribution is 7.07. The van der Waals surface area contributed by atoms with Crippen LogP contribution in [0.4, 0.5) is 0 Å². The quantitative estimate of drug-likeness (QED) is 0.340. The Bertz CT molecular complexity index is 1830. The van der Waals surface area contributed by atoms with Gasteiger partial charge in [-0.15, -0.1) is 0 Å². The highest BCUT2D eigenvalue weighted by Crippen LogP contribution is 2.31. The first-order valence-electron chi connectivity index (χ1n) is 12.1. The zero-order valence-corrected chi connectivity index (χ0v) is 22.8. The van der Waals surface area contributed by atoms with Crippen LogP contribution in [0.25, 0.3) is 17.4 Å². The highest BCUT2D eigenvalue weighted by atomic mass is 35.5. The second kappa shape index (κ2) is 10.5. The zero-order chi connectivity index (χ0) is 27.8. The van der Waals surface area contributed by atoms with E-state index in [0.29, 0.717) is 37.7 Å². The Hall–Kier alpha value is -4.21. The number of carboxylic acid groups (broad SMARTS) is 1. The fourth-order valence-corrected chi connectivity index (χ4v) is 5.64. The van der Waals surface area contributed by atoms with Gasteiger partial charge in [0, 0.05) is 11.6 Å². The van der Waals surface area contributed by atoms with Crippen LogP contribution in [-0.2, 0) is 9.53 Å². The minimum atomic E-state index is -1.14. The lowest BCUT2D eigenvalue weighted by atomic mass is 9.95. The van der Waals surface area contributed by atoms with Gasteiger partial charge in [0.2, 0.25) is 0 Å². The molecule has 1 N–H and O–H groups in total.